The minimum absolute atomic E-state index is 0.0470. The summed E-state index contributed by atoms with van der Waals surface area (Å²) in [5, 5.41) is 14.3. The number of rotatable bonds is 9. The third-order valence-electron chi connectivity index (χ3n) is 3.21. The van der Waals surface area contributed by atoms with Gasteiger partial charge in [0.25, 0.3) is 0 Å². The van der Waals surface area contributed by atoms with Crippen molar-refractivity contribution in [3.8, 4) is 0 Å². The van der Waals surface area contributed by atoms with Crippen LogP contribution < -0.4 is 5.32 Å². The van der Waals surface area contributed by atoms with Gasteiger partial charge in [0.1, 0.15) is 0 Å². The highest BCUT2D eigenvalue weighted by Crippen LogP contribution is 2.13. The molecule has 1 aromatic rings. The summed E-state index contributed by atoms with van der Waals surface area (Å²) < 4.78 is 0. The van der Waals surface area contributed by atoms with Crippen molar-refractivity contribution in [2.75, 3.05) is 13.6 Å². The van der Waals surface area contributed by atoms with Crippen LogP contribution >= 0.6 is 11.3 Å². The molecule has 0 aliphatic carbocycles. The predicted molar refractivity (Wildman–Crippen MR) is 82.3 cm³/mol. The molecule has 0 aliphatic heterocycles. The molecule has 2 N–H and O–H groups in total. The van der Waals surface area contributed by atoms with E-state index in [2.05, 4.69) is 27.5 Å². The lowest BCUT2D eigenvalue weighted by atomic mass is 10.2. The number of carboxylic acids is 1. The van der Waals surface area contributed by atoms with E-state index in [4.69, 9.17) is 5.11 Å². The van der Waals surface area contributed by atoms with Gasteiger partial charge in [0.15, 0.2) is 0 Å². The Kier molecular flexibility index (Phi) is 7.31. The summed E-state index contributed by atoms with van der Waals surface area (Å²) >= 11 is 1.66. The summed E-state index contributed by atoms with van der Waals surface area (Å²) in [5.41, 5.74) is 1.03. The number of hydrogen-bond donors (Lipinski definition) is 2. The highest BCUT2D eigenvalue weighted by molar-refractivity contribution is 7.09. The van der Waals surface area contributed by atoms with Crippen LogP contribution in [0.4, 0.5) is 0 Å². The number of thiazole rings is 1. The van der Waals surface area contributed by atoms with Crippen molar-refractivity contribution in [2.45, 2.75) is 45.7 Å². The highest BCUT2D eigenvalue weighted by Gasteiger charge is 2.15. The molecule has 1 aromatic heterocycles. The summed E-state index contributed by atoms with van der Waals surface area (Å²) in [6, 6.07) is 0.0709. The van der Waals surface area contributed by atoms with Gasteiger partial charge in [-0.2, -0.15) is 0 Å². The Labute approximate surface area is 129 Å². The quantitative estimate of drug-likeness (QED) is 0.722. The highest BCUT2D eigenvalue weighted by atomic mass is 32.1. The maximum Gasteiger partial charge on any atom is 0.305 e. The lowest BCUT2D eigenvalue weighted by molar-refractivity contribution is -0.136. The molecular weight excluding hydrogens is 290 g/mol. The number of aryl methyl sites for hydroxylation is 1. The van der Waals surface area contributed by atoms with Gasteiger partial charge in [0.05, 0.1) is 17.1 Å². The number of nitrogens with zero attached hydrogens (tertiary/aromatic N) is 2. The fourth-order valence-electron chi connectivity index (χ4n) is 1.80. The van der Waals surface area contributed by atoms with Crippen molar-refractivity contribution in [1.29, 1.82) is 0 Å². The average molecular weight is 313 g/mol. The van der Waals surface area contributed by atoms with Gasteiger partial charge < -0.3 is 10.4 Å². The molecule has 0 aromatic carbocycles. The molecule has 0 aliphatic rings. The number of amides is 1. The van der Waals surface area contributed by atoms with Crippen molar-refractivity contribution < 1.29 is 14.7 Å². The molecule has 1 atom stereocenters. The molecule has 7 heteroatoms. The molecule has 1 heterocycles. The molecule has 0 spiro atoms. The van der Waals surface area contributed by atoms with E-state index < -0.39 is 5.97 Å². The largest absolute Gasteiger partial charge is 0.481 e. The standard InChI is InChI=1S/C14H23N3O3S/c1-4-13-16-11(9-21-13)8-17(3)10(2)7-12(18)15-6-5-14(19)20/h9-10H,4-8H2,1-3H3,(H,15,18)(H,19,20)/t10-/m0/s1. The van der Waals surface area contributed by atoms with Gasteiger partial charge in [0.2, 0.25) is 5.91 Å². The van der Waals surface area contributed by atoms with E-state index in [0.717, 1.165) is 17.1 Å². The molecule has 1 amide bonds. The summed E-state index contributed by atoms with van der Waals surface area (Å²) in [6.45, 7) is 4.94. The van der Waals surface area contributed by atoms with Crippen molar-refractivity contribution >= 4 is 23.2 Å². The van der Waals surface area contributed by atoms with Crippen LogP contribution in [0.5, 0.6) is 0 Å². The maximum atomic E-state index is 11.7. The van der Waals surface area contributed by atoms with Crippen LogP contribution in [0.3, 0.4) is 0 Å². The SMILES string of the molecule is CCc1nc(CN(C)[C@@H](C)CC(=O)NCCC(=O)O)cs1. The van der Waals surface area contributed by atoms with Crippen LogP contribution in [0.1, 0.15) is 37.4 Å². The molecule has 118 valence electrons. The van der Waals surface area contributed by atoms with Crippen LogP contribution in [0.25, 0.3) is 0 Å². The fourth-order valence-corrected chi connectivity index (χ4v) is 2.54. The third kappa shape index (κ3) is 6.68. The Morgan fingerprint density at radius 3 is 2.81 bits per heavy atom. The topological polar surface area (TPSA) is 82.5 Å². The lowest BCUT2D eigenvalue weighted by Gasteiger charge is -2.23. The molecule has 0 bridgehead atoms. The molecule has 0 unspecified atom stereocenters. The van der Waals surface area contributed by atoms with Crippen LogP contribution in [-0.2, 0) is 22.6 Å². The number of aliphatic carboxylic acids is 1. The van der Waals surface area contributed by atoms with Crippen LogP contribution in [0.15, 0.2) is 5.38 Å². The number of carboxylic acid groups (broad SMARTS) is 1. The van der Waals surface area contributed by atoms with Crippen molar-refractivity contribution in [1.82, 2.24) is 15.2 Å². The maximum absolute atomic E-state index is 11.7. The van der Waals surface area contributed by atoms with Gasteiger partial charge in [-0.1, -0.05) is 6.92 Å². The second-order valence-corrected chi connectivity index (χ2v) is 5.99. The molecule has 0 saturated heterocycles. The zero-order chi connectivity index (χ0) is 15.8. The Bertz CT molecular complexity index is 476. The van der Waals surface area contributed by atoms with Crippen molar-refractivity contribution in [2.24, 2.45) is 0 Å². The van der Waals surface area contributed by atoms with E-state index >= 15 is 0 Å². The number of nitrogens with one attached hydrogen (secondary N) is 1. The van der Waals surface area contributed by atoms with Gasteiger partial charge in [-0.3, -0.25) is 14.5 Å². The summed E-state index contributed by atoms with van der Waals surface area (Å²) in [4.78, 5) is 28.7. The summed E-state index contributed by atoms with van der Waals surface area (Å²) in [5.74, 6) is -1.03. The van der Waals surface area contributed by atoms with Gasteiger partial charge in [-0.05, 0) is 20.4 Å². The van der Waals surface area contributed by atoms with Gasteiger partial charge in [-0.25, -0.2) is 4.98 Å². The number of aromatic nitrogens is 1. The first-order valence-corrected chi connectivity index (χ1v) is 7.92. The first-order chi connectivity index (χ1) is 9.92. The number of hydrogen-bond acceptors (Lipinski definition) is 5. The first-order valence-electron chi connectivity index (χ1n) is 7.04. The summed E-state index contributed by atoms with van der Waals surface area (Å²) in [6.07, 6.45) is 1.24. The Morgan fingerprint density at radius 2 is 2.24 bits per heavy atom. The van der Waals surface area contributed by atoms with Crippen LogP contribution in [0.2, 0.25) is 0 Å². The smallest absolute Gasteiger partial charge is 0.305 e. The van der Waals surface area contributed by atoms with Gasteiger partial charge >= 0.3 is 5.97 Å². The molecule has 0 radical (unpaired) electrons. The average Bonchev–Trinajstić information content (AvgIpc) is 2.85. The minimum Gasteiger partial charge on any atom is -0.481 e. The number of carbonyl (C=O) groups is 2. The number of carbonyl (C=O) groups excluding carboxylic acids is 1. The van der Waals surface area contributed by atoms with Crippen molar-refractivity contribution in [3.63, 3.8) is 0 Å². The minimum atomic E-state index is -0.907. The first kappa shape index (κ1) is 17.6. The zero-order valence-corrected chi connectivity index (χ0v) is 13.6. The molecule has 0 fully saturated rings. The van der Waals surface area contributed by atoms with E-state index in [1.165, 1.54) is 0 Å². The lowest BCUT2D eigenvalue weighted by Crippen LogP contribution is -2.35. The van der Waals surface area contributed by atoms with Gasteiger partial charge in [-0.15, -0.1) is 11.3 Å². The van der Waals surface area contributed by atoms with Crippen molar-refractivity contribution in [3.05, 3.63) is 16.1 Å². The van der Waals surface area contributed by atoms with E-state index in [0.29, 0.717) is 13.0 Å². The van der Waals surface area contributed by atoms with E-state index in [1.54, 1.807) is 11.3 Å². The Morgan fingerprint density at radius 1 is 1.52 bits per heavy atom. The third-order valence-corrected chi connectivity index (χ3v) is 4.25. The second-order valence-electron chi connectivity index (χ2n) is 5.05. The Balaban J connectivity index is 2.34. The normalized spacial score (nSPS) is 12.4. The van der Waals surface area contributed by atoms with Crippen LogP contribution in [0, 0.1) is 0 Å². The molecule has 21 heavy (non-hydrogen) atoms. The van der Waals surface area contributed by atoms with Gasteiger partial charge in [0, 0.05) is 30.9 Å². The van der Waals surface area contributed by atoms with E-state index in [1.807, 2.05) is 14.0 Å². The second kappa shape index (κ2) is 8.74. The van der Waals surface area contributed by atoms with E-state index in [9.17, 15) is 9.59 Å². The van der Waals surface area contributed by atoms with Crippen LogP contribution in [-0.4, -0.2) is 46.5 Å². The molecule has 6 nitrogen and oxygen atoms in total. The predicted octanol–water partition coefficient (Wildman–Crippen LogP) is 1.51. The molecule has 0 saturated carbocycles. The van der Waals surface area contributed by atoms with E-state index in [-0.39, 0.29) is 24.9 Å². The summed E-state index contributed by atoms with van der Waals surface area (Å²) in [7, 11) is 1.96. The zero-order valence-electron chi connectivity index (χ0n) is 12.8. The fraction of sp³-hybridized carbons (Fsp3) is 0.643. The Hall–Kier alpha value is -1.47. The molecular formula is C14H23N3O3S. The monoisotopic (exact) mass is 313 g/mol. The molecule has 1 rings (SSSR count).